The number of hydrogen-bond acceptors (Lipinski definition) is 6. The van der Waals surface area contributed by atoms with Gasteiger partial charge in [0.2, 0.25) is 0 Å². The van der Waals surface area contributed by atoms with E-state index < -0.39 is 0 Å². The second-order valence-corrected chi connectivity index (χ2v) is 6.77. The number of nitrogens with one attached hydrogen (secondary N) is 1. The number of aryl methyl sites for hydroxylation is 2. The Morgan fingerprint density at radius 2 is 2.12 bits per heavy atom. The molecule has 7 heteroatoms. The van der Waals surface area contributed by atoms with Crippen molar-refractivity contribution in [3.05, 3.63) is 34.6 Å². The lowest BCUT2D eigenvalue weighted by molar-refractivity contribution is 0.0721. The lowest BCUT2D eigenvalue weighted by Crippen LogP contribution is -2.32. The fourth-order valence-corrected chi connectivity index (χ4v) is 3.90. The highest BCUT2D eigenvalue weighted by atomic mass is 16.5. The van der Waals surface area contributed by atoms with Gasteiger partial charge in [0.25, 0.3) is 5.91 Å². The van der Waals surface area contributed by atoms with Crippen molar-refractivity contribution in [1.82, 2.24) is 20.0 Å². The molecule has 7 nitrogen and oxygen atoms in total. The molecule has 2 aromatic heterocycles. The first kappa shape index (κ1) is 16.1. The highest BCUT2D eigenvalue weighted by Crippen LogP contribution is 2.34. The molecular formula is C18H23N5O2. The maximum absolute atomic E-state index is 13.1. The fraction of sp³-hybridized carbons (Fsp3) is 0.556. The number of carbonyl (C=O) groups excluding carboxylic acids is 1. The van der Waals surface area contributed by atoms with Crippen LogP contribution < -0.4 is 5.32 Å². The summed E-state index contributed by atoms with van der Waals surface area (Å²) >= 11 is 0. The van der Waals surface area contributed by atoms with Gasteiger partial charge in [-0.3, -0.25) is 4.79 Å². The Morgan fingerprint density at radius 1 is 1.28 bits per heavy atom. The number of carbonyl (C=O) groups is 1. The van der Waals surface area contributed by atoms with E-state index in [1.54, 1.807) is 0 Å². The lowest BCUT2D eigenvalue weighted by atomic mass is 9.96. The largest absolute Gasteiger partial charge is 0.373 e. The molecule has 0 saturated carbocycles. The number of nitrogens with zero attached hydrogens (tertiary/aromatic N) is 4. The zero-order valence-electron chi connectivity index (χ0n) is 14.7. The van der Waals surface area contributed by atoms with E-state index in [0.29, 0.717) is 11.5 Å². The van der Waals surface area contributed by atoms with Crippen molar-refractivity contribution in [1.29, 1.82) is 0 Å². The van der Waals surface area contributed by atoms with Crippen molar-refractivity contribution < 1.29 is 9.32 Å². The van der Waals surface area contributed by atoms with Crippen molar-refractivity contribution in [2.24, 2.45) is 0 Å². The van der Waals surface area contributed by atoms with E-state index in [0.717, 1.165) is 67.9 Å². The van der Waals surface area contributed by atoms with Crippen LogP contribution in [0, 0.1) is 6.92 Å². The Labute approximate surface area is 146 Å². The minimum atomic E-state index is -0.0309. The zero-order valence-corrected chi connectivity index (χ0v) is 14.7. The molecule has 1 amide bonds. The Kier molecular flexibility index (Phi) is 4.15. The highest BCUT2D eigenvalue weighted by molar-refractivity contribution is 5.94. The summed E-state index contributed by atoms with van der Waals surface area (Å²) in [7, 11) is 1.84. The summed E-state index contributed by atoms with van der Waals surface area (Å²) in [5.74, 6) is 2.35. The van der Waals surface area contributed by atoms with Gasteiger partial charge in [-0.05, 0) is 39.0 Å². The molecule has 132 valence electrons. The molecule has 0 aromatic carbocycles. The normalized spacial score (nSPS) is 19.8. The molecule has 3 heterocycles. The molecule has 0 spiro atoms. The second-order valence-electron chi connectivity index (χ2n) is 6.77. The monoisotopic (exact) mass is 341 g/mol. The average Bonchev–Trinajstić information content (AvgIpc) is 3.27. The number of amides is 1. The highest BCUT2D eigenvalue weighted by Gasteiger charge is 2.35. The van der Waals surface area contributed by atoms with Crippen molar-refractivity contribution in [3.63, 3.8) is 0 Å². The van der Waals surface area contributed by atoms with Crippen LogP contribution in [0.15, 0.2) is 10.6 Å². The van der Waals surface area contributed by atoms with Crippen molar-refractivity contribution in [3.8, 4) is 0 Å². The topological polar surface area (TPSA) is 84.2 Å². The summed E-state index contributed by atoms with van der Waals surface area (Å²) in [6.45, 7) is 2.60. The van der Waals surface area contributed by atoms with E-state index in [1.807, 2.05) is 24.9 Å². The average molecular weight is 341 g/mol. The van der Waals surface area contributed by atoms with Gasteiger partial charge in [0, 0.05) is 31.6 Å². The minimum absolute atomic E-state index is 0.0303. The first-order valence-corrected chi connectivity index (χ1v) is 8.99. The number of rotatable bonds is 3. The smallest absolute Gasteiger partial charge is 0.276 e. The molecule has 4 rings (SSSR count). The molecule has 1 aliphatic heterocycles. The predicted molar refractivity (Wildman–Crippen MR) is 92.5 cm³/mol. The third-order valence-corrected chi connectivity index (χ3v) is 5.12. The fourth-order valence-electron chi connectivity index (χ4n) is 3.90. The zero-order chi connectivity index (χ0) is 17.4. The van der Waals surface area contributed by atoms with Gasteiger partial charge in [0.1, 0.15) is 17.4 Å². The minimum Gasteiger partial charge on any atom is -0.373 e. The summed E-state index contributed by atoms with van der Waals surface area (Å²) in [6.07, 6.45) is 5.84. The first-order valence-electron chi connectivity index (χ1n) is 8.99. The molecule has 0 radical (unpaired) electrons. The molecule has 2 aromatic rings. The molecule has 1 atom stereocenters. The van der Waals surface area contributed by atoms with E-state index in [2.05, 4.69) is 20.4 Å². The molecule has 1 aliphatic carbocycles. The maximum atomic E-state index is 13.1. The van der Waals surface area contributed by atoms with E-state index >= 15 is 0 Å². The maximum Gasteiger partial charge on any atom is 0.276 e. The van der Waals surface area contributed by atoms with Gasteiger partial charge in [0.05, 0.1) is 11.7 Å². The quantitative estimate of drug-likeness (QED) is 0.924. The number of hydrogen-bond donors (Lipinski definition) is 1. The van der Waals surface area contributed by atoms with Crippen LogP contribution in [0.3, 0.4) is 0 Å². The van der Waals surface area contributed by atoms with Crippen LogP contribution in [-0.4, -0.2) is 39.5 Å². The predicted octanol–water partition coefficient (Wildman–Crippen LogP) is 2.67. The number of anilines is 1. The van der Waals surface area contributed by atoms with Gasteiger partial charge in [-0.1, -0.05) is 5.16 Å². The number of aromatic nitrogens is 3. The Morgan fingerprint density at radius 3 is 2.96 bits per heavy atom. The van der Waals surface area contributed by atoms with Gasteiger partial charge in [0.15, 0.2) is 5.69 Å². The van der Waals surface area contributed by atoms with Crippen LogP contribution in [0.5, 0.6) is 0 Å². The Hall–Kier alpha value is -2.44. The van der Waals surface area contributed by atoms with E-state index in [9.17, 15) is 4.79 Å². The van der Waals surface area contributed by atoms with Crippen molar-refractivity contribution >= 4 is 11.7 Å². The van der Waals surface area contributed by atoms with Crippen LogP contribution in [-0.2, 0) is 12.8 Å². The van der Waals surface area contributed by atoms with Crippen LogP contribution >= 0.6 is 0 Å². The van der Waals surface area contributed by atoms with Gasteiger partial charge in [-0.15, -0.1) is 0 Å². The molecule has 25 heavy (non-hydrogen) atoms. The standard InChI is InChI=1S/C18H23N5O2/c1-11-20-13(10-16(19-2)21-11)14-7-5-9-23(14)18(24)17-12-6-3-4-8-15(12)25-22-17/h10,14H,3-9H2,1-2H3,(H,19,20,21)/t14-/m1/s1. The Balaban J connectivity index is 1.64. The van der Waals surface area contributed by atoms with Crippen molar-refractivity contribution in [2.45, 2.75) is 51.5 Å². The Bertz CT molecular complexity index is 801. The van der Waals surface area contributed by atoms with E-state index in [1.165, 1.54) is 0 Å². The van der Waals surface area contributed by atoms with Gasteiger partial charge in [-0.25, -0.2) is 9.97 Å². The molecule has 1 saturated heterocycles. The number of fused-ring (bicyclic) bond motifs is 1. The molecule has 1 N–H and O–H groups in total. The summed E-state index contributed by atoms with van der Waals surface area (Å²) in [6, 6.07) is 1.90. The summed E-state index contributed by atoms with van der Waals surface area (Å²) in [5, 5.41) is 7.17. The molecule has 0 bridgehead atoms. The summed E-state index contributed by atoms with van der Waals surface area (Å²) < 4.78 is 5.43. The third-order valence-electron chi connectivity index (χ3n) is 5.12. The number of likely N-dealkylation sites (tertiary alicyclic amines) is 1. The van der Waals surface area contributed by atoms with Gasteiger partial charge < -0.3 is 14.7 Å². The van der Waals surface area contributed by atoms with Crippen molar-refractivity contribution in [2.75, 3.05) is 18.9 Å². The first-order chi connectivity index (χ1) is 12.2. The van der Waals surface area contributed by atoms with E-state index in [-0.39, 0.29) is 11.9 Å². The second kappa shape index (κ2) is 6.46. The van der Waals surface area contributed by atoms with E-state index in [4.69, 9.17) is 4.52 Å². The molecular weight excluding hydrogens is 318 g/mol. The van der Waals surface area contributed by atoms with Crippen LogP contribution in [0.4, 0.5) is 5.82 Å². The van der Waals surface area contributed by atoms with Crippen LogP contribution in [0.25, 0.3) is 0 Å². The molecule has 1 fully saturated rings. The summed E-state index contributed by atoms with van der Waals surface area (Å²) in [4.78, 5) is 24.0. The van der Waals surface area contributed by atoms with Crippen LogP contribution in [0.2, 0.25) is 0 Å². The van der Waals surface area contributed by atoms with Crippen LogP contribution in [0.1, 0.15) is 65.1 Å². The van der Waals surface area contributed by atoms with Gasteiger partial charge >= 0.3 is 0 Å². The van der Waals surface area contributed by atoms with Gasteiger partial charge in [-0.2, -0.15) is 0 Å². The molecule has 0 unspecified atom stereocenters. The lowest BCUT2D eigenvalue weighted by Gasteiger charge is -2.24. The molecule has 2 aliphatic rings. The SMILES string of the molecule is CNc1cc([C@H]2CCCN2C(=O)c2noc3c2CCCC3)nc(C)n1. The third kappa shape index (κ3) is 2.88. The summed E-state index contributed by atoms with van der Waals surface area (Å²) in [5.41, 5.74) is 2.40.